The summed E-state index contributed by atoms with van der Waals surface area (Å²) in [5.41, 5.74) is 5.47. The predicted molar refractivity (Wildman–Crippen MR) is 113 cm³/mol. The van der Waals surface area contributed by atoms with Crippen molar-refractivity contribution in [3.63, 3.8) is 0 Å². The Morgan fingerprint density at radius 2 is 1.79 bits per heavy atom. The van der Waals surface area contributed by atoms with Crippen LogP contribution in [-0.4, -0.2) is 15.6 Å². The molecule has 2 aromatic carbocycles. The van der Waals surface area contributed by atoms with Gasteiger partial charge in [-0.05, 0) is 54.8 Å². The second-order valence-corrected chi connectivity index (χ2v) is 6.95. The van der Waals surface area contributed by atoms with Gasteiger partial charge in [0.15, 0.2) is 0 Å². The van der Waals surface area contributed by atoms with Crippen molar-refractivity contribution in [1.29, 1.82) is 0 Å². The first-order valence-electron chi connectivity index (χ1n) is 9.71. The third-order valence-corrected chi connectivity index (χ3v) is 4.85. The van der Waals surface area contributed by atoms with Crippen molar-refractivity contribution in [2.75, 3.05) is 0 Å². The van der Waals surface area contributed by atoms with Gasteiger partial charge in [0.25, 0.3) is 0 Å². The van der Waals surface area contributed by atoms with Crippen LogP contribution in [-0.2, 0) is 6.54 Å². The summed E-state index contributed by atoms with van der Waals surface area (Å²) in [5, 5.41) is 3.47. The van der Waals surface area contributed by atoms with Gasteiger partial charge in [0.1, 0.15) is 17.6 Å². The quantitative estimate of drug-likeness (QED) is 0.453. The van der Waals surface area contributed by atoms with Gasteiger partial charge in [0, 0.05) is 24.5 Å². The van der Waals surface area contributed by atoms with Crippen molar-refractivity contribution in [3.05, 3.63) is 90.3 Å². The Bertz CT molecular complexity index is 1040. The SMILES string of the molecule is CCC(NCc1ccccc1)Oc1ccc(-c2cn3cccc(C)c3n2)cc1. The number of ether oxygens (including phenoxy) is 1. The molecule has 0 amide bonds. The summed E-state index contributed by atoms with van der Waals surface area (Å²) in [6.45, 7) is 4.99. The van der Waals surface area contributed by atoms with Gasteiger partial charge in [-0.15, -0.1) is 0 Å². The number of nitrogens with zero attached hydrogens (tertiary/aromatic N) is 2. The number of aromatic nitrogens is 2. The smallest absolute Gasteiger partial charge is 0.150 e. The summed E-state index contributed by atoms with van der Waals surface area (Å²) in [7, 11) is 0. The molecule has 4 aromatic rings. The molecule has 0 saturated carbocycles. The highest BCUT2D eigenvalue weighted by Gasteiger charge is 2.09. The normalized spacial score (nSPS) is 12.2. The van der Waals surface area contributed by atoms with Gasteiger partial charge in [-0.3, -0.25) is 5.32 Å². The summed E-state index contributed by atoms with van der Waals surface area (Å²) in [6, 6.07) is 22.6. The molecule has 0 aliphatic heterocycles. The van der Waals surface area contributed by atoms with Crippen LogP contribution in [0.5, 0.6) is 5.75 Å². The minimum atomic E-state index is -0.0242. The molecule has 0 aliphatic carbocycles. The number of aryl methyl sites for hydroxylation is 1. The van der Waals surface area contributed by atoms with E-state index < -0.39 is 0 Å². The average Bonchev–Trinajstić information content (AvgIpc) is 3.18. The van der Waals surface area contributed by atoms with E-state index in [9.17, 15) is 0 Å². The number of benzene rings is 2. The Kier molecular flexibility index (Phi) is 5.40. The predicted octanol–water partition coefficient (Wildman–Crippen LogP) is 5.21. The van der Waals surface area contributed by atoms with E-state index in [2.05, 4.69) is 72.2 Å². The van der Waals surface area contributed by atoms with Gasteiger partial charge in [-0.25, -0.2) is 4.98 Å². The molecule has 0 aliphatic rings. The molecule has 1 unspecified atom stereocenters. The lowest BCUT2D eigenvalue weighted by atomic mass is 10.1. The van der Waals surface area contributed by atoms with Crippen molar-refractivity contribution in [2.45, 2.75) is 33.0 Å². The van der Waals surface area contributed by atoms with Crippen LogP contribution >= 0.6 is 0 Å². The maximum atomic E-state index is 6.12. The third-order valence-electron chi connectivity index (χ3n) is 4.85. The minimum absolute atomic E-state index is 0.0242. The molecule has 0 spiro atoms. The summed E-state index contributed by atoms with van der Waals surface area (Å²) in [6.07, 6.45) is 4.96. The van der Waals surface area contributed by atoms with Crippen LogP contribution in [0.25, 0.3) is 16.9 Å². The fourth-order valence-electron chi connectivity index (χ4n) is 3.26. The molecular weight excluding hydrogens is 346 g/mol. The Morgan fingerprint density at radius 1 is 1.00 bits per heavy atom. The molecular formula is C24H25N3O. The highest BCUT2D eigenvalue weighted by atomic mass is 16.5. The number of hydrogen-bond donors (Lipinski definition) is 1. The number of rotatable bonds is 7. The maximum Gasteiger partial charge on any atom is 0.150 e. The molecule has 0 radical (unpaired) electrons. The highest BCUT2D eigenvalue weighted by molar-refractivity contribution is 5.64. The lowest BCUT2D eigenvalue weighted by Crippen LogP contribution is -2.33. The van der Waals surface area contributed by atoms with E-state index in [1.54, 1.807) is 0 Å². The van der Waals surface area contributed by atoms with Gasteiger partial charge in [-0.1, -0.05) is 43.3 Å². The van der Waals surface area contributed by atoms with Gasteiger partial charge in [0.05, 0.1) is 5.69 Å². The molecule has 142 valence electrons. The molecule has 28 heavy (non-hydrogen) atoms. The van der Waals surface area contributed by atoms with E-state index in [0.717, 1.165) is 35.6 Å². The summed E-state index contributed by atoms with van der Waals surface area (Å²) in [4.78, 5) is 4.76. The lowest BCUT2D eigenvalue weighted by Gasteiger charge is -2.19. The molecule has 0 saturated heterocycles. The van der Waals surface area contributed by atoms with Gasteiger partial charge in [-0.2, -0.15) is 0 Å². The zero-order valence-electron chi connectivity index (χ0n) is 16.3. The van der Waals surface area contributed by atoms with Crippen molar-refractivity contribution in [3.8, 4) is 17.0 Å². The Morgan fingerprint density at radius 3 is 2.50 bits per heavy atom. The van der Waals surface area contributed by atoms with Crippen LogP contribution in [0.2, 0.25) is 0 Å². The van der Waals surface area contributed by atoms with E-state index in [0.29, 0.717) is 0 Å². The van der Waals surface area contributed by atoms with Gasteiger partial charge in [0.2, 0.25) is 0 Å². The molecule has 1 N–H and O–H groups in total. The fourth-order valence-corrected chi connectivity index (χ4v) is 3.26. The zero-order valence-corrected chi connectivity index (χ0v) is 16.3. The molecule has 4 rings (SSSR count). The van der Waals surface area contributed by atoms with E-state index in [1.165, 1.54) is 11.1 Å². The van der Waals surface area contributed by atoms with Crippen molar-refractivity contribution >= 4 is 5.65 Å². The van der Waals surface area contributed by atoms with Crippen LogP contribution in [0.3, 0.4) is 0 Å². The largest absolute Gasteiger partial charge is 0.475 e. The van der Waals surface area contributed by atoms with Crippen LogP contribution in [0.1, 0.15) is 24.5 Å². The second-order valence-electron chi connectivity index (χ2n) is 6.95. The Balaban J connectivity index is 1.43. The molecule has 0 bridgehead atoms. The molecule has 1 atom stereocenters. The third kappa shape index (κ3) is 4.07. The Hall–Kier alpha value is -3.11. The summed E-state index contributed by atoms with van der Waals surface area (Å²) >= 11 is 0. The van der Waals surface area contributed by atoms with Gasteiger partial charge < -0.3 is 9.14 Å². The summed E-state index contributed by atoms with van der Waals surface area (Å²) in [5.74, 6) is 0.858. The van der Waals surface area contributed by atoms with Gasteiger partial charge >= 0.3 is 0 Å². The van der Waals surface area contributed by atoms with Crippen LogP contribution in [0.4, 0.5) is 0 Å². The number of imidazole rings is 1. The number of pyridine rings is 1. The minimum Gasteiger partial charge on any atom is -0.475 e. The fraction of sp³-hybridized carbons (Fsp3) is 0.208. The maximum absolute atomic E-state index is 6.12. The molecule has 4 nitrogen and oxygen atoms in total. The standard InChI is InChI=1S/C24H25N3O/c1-3-23(25-16-19-9-5-4-6-10-19)28-21-13-11-20(12-14-21)22-17-27-15-7-8-18(2)24(27)26-22/h4-15,17,23,25H,3,16H2,1-2H3. The number of fused-ring (bicyclic) bond motifs is 1. The molecule has 4 heteroatoms. The first kappa shape index (κ1) is 18.3. The summed E-state index contributed by atoms with van der Waals surface area (Å²) < 4.78 is 8.18. The average molecular weight is 371 g/mol. The lowest BCUT2D eigenvalue weighted by molar-refractivity contribution is 0.157. The number of hydrogen-bond acceptors (Lipinski definition) is 3. The first-order chi connectivity index (χ1) is 13.7. The van der Waals surface area contributed by atoms with E-state index in [4.69, 9.17) is 9.72 Å². The van der Waals surface area contributed by atoms with Crippen LogP contribution in [0, 0.1) is 6.92 Å². The molecule has 2 heterocycles. The second kappa shape index (κ2) is 8.28. The van der Waals surface area contributed by atoms with Crippen LogP contribution < -0.4 is 10.1 Å². The van der Waals surface area contributed by atoms with E-state index in [1.807, 2.05) is 30.5 Å². The van der Waals surface area contributed by atoms with Crippen molar-refractivity contribution in [1.82, 2.24) is 14.7 Å². The number of nitrogens with one attached hydrogen (secondary N) is 1. The van der Waals surface area contributed by atoms with E-state index in [-0.39, 0.29) is 6.23 Å². The first-order valence-corrected chi connectivity index (χ1v) is 9.71. The van der Waals surface area contributed by atoms with Crippen LogP contribution in [0.15, 0.2) is 79.1 Å². The van der Waals surface area contributed by atoms with Crippen molar-refractivity contribution < 1.29 is 4.74 Å². The highest BCUT2D eigenvalue weighted by Crippen LogP contribution is 2.23. The topological polar surface area (TPSA) is 38.6 Å². The molecule has 0 fully saturated rings. The van der Waals surface area contributed by atoms with E-state index >= 15 is 0 Å². The monoisotopic (exact) mass is 371 g/mol. The zero-order chi connectivity index (χ0) is 19.3. The Labute approximate surface area is 165 Å². The molecule has 2 aromatic heterocycles. The van der Waals surface area contributed by atoms with Crippen molar-refractivity contribution in [2.24, 2.45) is 0 Å².